The van der Waals surface area contributed by atoms with Crippen LogP contribution >= 0.6 is 0 Å². The molecule has 3 rings (SSSR count). The number of carbonyl (C=O) groups is 1. The van der Waals surface area contributed by atoms with E-state index >= 15 is 0 Å². The summed E-state index contributed by atoms with van der Waals surface area (Å²) in [6.45, 7) is 5.89. The van der Waals surface area contributed by atoms with Gasteiger partial charge in [-0.3, -0.25) is 10.3 Å². The molecule has 2 aromatic rings. The third-order valence-corrected chi connectivity index (χ3v) is 4.79. The number of hydrogen-bond acceptors (Lipinski definition) is 4. The van der Waals surface area contributed by atoms with Gasteiger partial charge in [0.15, 0.2) is 0 Å². The van der Waals surface area contributed by atoms with Gasteiger partial charge in [-0.2, -0.15) is 0 Å². The van der Waals surface area contributed by atoms with Gasteiger partial charge < -0.3 is 14.7 Å². The number of hydroxylamine groups is 1. The SMILES string of the molecule is C=C(NOCCOC1CCN(C(=O)O)CC1)c1ccc(-c2ccccc2)cc1. The summed E-state index contributed by atoms with van der Waals surface area (Å²) in [6, 6.07) is 18.3. The molecule has 1 heterocycles. The van der Waals surface area contributed by atoms with Crippen LogP contribution in [0, 0.1) is 0 Å². The standard InChI is InChI=1S/C22H26N2O4/c1-17(18-7-9-20(10-8-18)19-5-3-2-4-6-19)23-28-16-15-27-21-11-13-24(14-12-21)22(25)26/h2-10,21,23H,1,11-16H2,(H,25,26). The van der Waals surface area contributed by atoms with Gasteiger partial charge in [0.05, 0.1) is 25.0 Å². The molecule has 6 heteroatoms. The smallest absolute Gasteiger partial charge is 0.407 e. The van der Waals surface area contributed by atoms with Crippen LogP contribution in [0.25, 0.3) is 16.8 Å². The van der Waals surface area contributed by atoms with Crippen molar-refractivity contribution in [2.75, 3.05) is 26.3 Å². The Morgan fingerprint density at radius 1 is 1.04 bits per heavy atom. The van der Waals surface area contributed by atoms with Crippen molar-refractivity contribution in [2.24, 2.45) is 0 Å². The summed E-state index contributed by atoms with van der Waals surface area (Å²) in [6.07, 6.45) is 0.676. The molecule has 0 saturated carbocycles. The lowest BCUT2D eigenvalue weighted by Crippen LogP contribution is -2.40. The van der Waals surface area contributed by atoms with Gasteiger partial charge in [-0.15, -0.1) is 0 Å². The van der Waals surface area contributed by atoms with Gasteiger partial charge in [-0.25, -0.2) is 4.79 Å². The van der Waals surface area contributed by atoms with E-state index in [9.17, 15) is 4.79 Å². The van der Waals surface area contributed by atoms with E-state index in [4.69, 9.17) is 14.7 Å². The highest BCUT2D eigenvalue weighted by Gasteiger charge is 2.22. The topological polar surface area (TPSA) is 71.0 Å². The fraction of sp³-hybridized carbons (Fsp3) is 0.318. The maximum atomic E-state index is 10.9. The van der Waals surface area contributed by atoms with Gasteiger partial charge in [0.2, 0.25) is 0 Å². The zero-order valence-electron chi connectivity index (χ0n) is 15.8. The number of hydrogen-bond donors (Lipinski definition) is 2. The van der Waals surface area contributed by atoms with E-state index in [1.165, 1.54) is 10.5 Å². The summed E-state index contributed by atoms with van der Waals surface area (Å²) >= 11 is 0. The summed E-state index contributed by atoms with van der Waals surface area (Å²) in [5.41, 5.74) is 6.84. The van der Waals surface area contributed by atoms with E-state index in [2.05, 4.69) is 36.3 Å². The van der Waals surface area contributed by atoms with Crippen molar-refractivity contribution in [1.82, 2.24) is 10.4 Å². The molecular formula is C22H26N2O4. The summed E-state index contributed by atoms with van der Waals surface area (Å²) in [4.78, 5) is 17.7. The van der Waals surface area contributed by atoms with Gasteiger partial charge in [0.25, 0.3) is 0 Å². The number of ether oxygens (including phenoxy) is 1. The number of rotatable bonds is 8. The number of likely N-dealkylation sites (tertiary alicyclic amines) is 1. The highest BCUT2D eigenvalue weighted by molar-refractivity contribution is 5.68. The number of nitrogens with one attached hydrogen (secondary N) is 1. The summed E-state index contributed by atoms with van der Waals surface area (Å²) < 4.78 is 5.75. The first-order valence-corrected chi connectivity index (χ1v) is 9.45. The first-order chi connectivity index (χ1) is 13.6. The second-order valence-corrected chi connectivity index (χ2v) is 6.71. The van der Waals surface area contributed by atoms with Crippen molar-refractivity contribution in [3.8, 4) is 11.1 Å². The molecule has 1 aliphatic rings. The maximum Gasteiger partial charge on any atom is 0.407 e. The molecular weight excluding hydrogens is 356 g/mol. The maximum absolute atomic E-state index is 10.9. The lowest BCUT2D eigenvalue weighted by atomic mass is 10.0. The van der Waals surface area contributed by atoms with E-state index in [0.29, 0.717) is 32.0 Å². The van der Waals surface area contributed by atoms with Gasteiger partial charge in [-0.05, 0) is 29.5 Å². The molecule has 0 atom stereocenters. The Labute approximate surface area is 165 Å². The molecule has 1 aliphatic heterocycles. The van der Waals surface area contributed by atoms with Crippen molar-refractivity contribution in [2.45, 2.75) is 18.9 Å². The van der Waals surface area contributed by atoms with Crippen LogP contribution in [0.5, 0.6) is 0 Å². The number of carboxylic acid groups (broad SMARTS) is 1. The van der Waals surface area contributed by atoms with Crippen LogP contribution in [-0.4, -0.2) is 48.5 Å². The van der Waals surface area contributed by atoms with Gasteiger partial charge in [0.1, 0.15) is 0 Å². The fourth-order valence-corrected chi connectivity index (χ4v) is 3.16. The average molecular weight is 382 g/mol. The van der Waals surface area contributed by atoms with Crippen molar-refractivity contribution >= 4 is 11.8 Å². The molecule has 0 aliphatic carbocycles. The molecule has 28 heavy (non-hydrogen) atoms. The van der Waals surface area contributed by atoms with Crippen LogP contribution < -0.4 is 5.48 Å². The second kappa shape index (κ2) is 9.92. The van der Waals surface area contributed by atoms with Crippen LogP contribution in [0.4, 0.5) is 4.79 Å². The van der Waals surface area contributed by atoms with Crippen LogP contribution in [0.3, 0.4) is 0 Å². The number of benzene rings is 2. The molecule has 2 aromatic carbocycles. The molecule has 148 valence electrons. The van der Waals surface area contributed by atoms with Crippen LogP contribution in [0.15, 0.2) is 61.2 Å². The van der Waals surface area contributed by atoms with Crippen LogP contribution in [-0.2, 0) is 9.57 Å². The van der Waals surface area contributed by atoms with Gasteiger partial charge in [-0.1, -0.05) is 61.2 Å². The Balaban J connectivity index is 1.34. The normalized spacial score (nSPS) is 14.6. The molecule has 1 fully saturated rings. The summed E-state index contributed by atoms with van der Waals surface area (Å²) in [5, 5.41) is 8.94. The van der Waals surface area contributed by atoms with Crippen molar-refractivity contribution < 1.29 is 19.5 Å². The average Bonchev–Trinajstić information content (AvgIpc) is 2.74. The molecule has 0 aromatic heterocycles. The number of nitrogens with zero attached hydrogens (tertiary/aromatic N) is 1. The van der Waals surface area contributed by atoms with Crippen LogP contribution in [0.2, 0.25) is 0 Å². The Morgan fingerprint density at radius 2 is 1.68 bits per heavy atom. The van der Waals surface area contributed by atoms with E-state index in [-0.39, 0.29) is 6.10 Å². The second-order valence-electron chi connectivity index (χ2n) is 6.71. The van der Waals surface area contributed by atoms with Gasteiger partial charge >= 0.3 is 6.09 Å². The third kappa shape index (κ3) is 5.58. The Kier molecular flexibility index (Phi) is 7.06. The van der Waals surface area contributed by atoms with Crippen LogP contribution in [0.1, 0.15) is 18.4 Å². The Bertz CT molecular complexity index is 769. The quantitative estimate of drug-likeness (QED) is 0.533. The summed E-state index contributed by atoms with van der Waals surface area (Å²) in [5.74, 6) is 0. The number of piperidine rings is 1. The third-order valence-electron chi connectivity index (χ3n) is 4.79. The molecule has 0 bridgehead atoms. The monoisotopic (exact) mass is 382 g/mol. The van der Waals surface area contributed by atoms with E-state index < -0.39 is 6.09 Å². The molecule has 0 unspecified atom stereocenters. The first-order valence-electron chi connectivity index (χ1n) is 9.45. The molecule has 0 radical (unpaired) electrons. The van der Waals surface area contributed by atoms with Crippen molar-refractivity contribution in [1.29, 1.82) is 0 Å². The minimum Gasteiger partial charge on any atom is -0.465 e. The predicted octanol–water partition coefficient (Wildman–Crippen LogP) is 4.00. The first kappa shape index (κ1) is 19.9. The van der Waals surface area contributed by atoms with E-state index in [1.807, 2.05) is 30.3 Å². The zero-order valence-corrected chi connectivity index (χ0v) is 15.8. The lowest BCUT2D eigenvalue weighted by Gasteiger charge is -2.29. The molecule has 1 saturated heterocycles. The highest BCUT2D eigenvalue weighted by atomic mass is 16.7. The van der Waals surface area contributed by atoms with E-state index in [0.717, 1.165) is 24.0 Å². The molecule has 6 nitrogen and oxygen atoms in total. The molecule has 2 N–H and O–H groups in total. The lowest BCUT2D eigenvalue weighted by molar-refractivity contribution is -0.0328. The fourth-order valence-electron chi connectivity index (χ4n) is 3.16. The summed E-state index contributed by atoms with van der Waals surface area (Å²) in [7, 11) is 0. The predicted molar refractivity (Wildman–Crippen MR) is 109 cm³/mol. The number of amides is 1. The highest BCUT2D eigenvalue weighted by Crippen LogP contribution is 2.21. The van der Waals surface area contributed by atoms with Crippen molar-refractivity contribution in [3.05, 3.63) is 66.7 Å². The minimum atomic E-state index is -0.860. The molecule has 1 amide bonds. The Hall–Kier alpha value is -2.83. The largest absolute Gasteiger partial charge is 0.465 e. The van der Waals surface area contributed by atoms with Gasteiger partial charge in [0, 0.05) is 13.1 Å². The van der Waals surface area contributed by atoms with Crippen molar-refractivity contribution in [3.63, 3.8) is 0 Å². The van der Waals surface area contributed by atoms with E-state index in [1.54, 1.807) is 0 Å². The minimum absolute atomic E-state index is 0.0907. The Morgan fingerprint density at radius 3 is 2.32 bits per heavy atom. The zero-order chi connectivity index (χ0) is 19.8. The molecule has 0 spiro atoms.